The molecule has 1 fully saturated rings. The van der Waals surface area contributed by atoms with Crippen molar-refractivity contribution < 1.29 is 8.78 Å². The fourth-order valence-corrected chi connectivity index (χ4v) is 3.07. The van der Waals surface area contributed by atoms with E-state index in [0.717, 1.165) is 15.3 Å². The zero-order chi connectivity index (χ0) is 12.0. The molecule has 2 aromatic rings. The highest BCUT2D eigenvalue weighted by atomic mass is 32.1. The standard InChI is InChI=1S/C12H12F2N2S/c1-7-2-3-9-10(4-7)17-12(15-9)16-5-8(6-16)11(13)14/h2-4,8,11H,5-6H2,1H3. The molecule has 0 N–H and O–H groups in total. The number of halogens is 2. The van der Waals surface area contributed by atoms with Gasteiger partial charge in [0.15, 0.2) is 5.13 Å². The molecule has 0 atom stereocenters. The smallest absolute Gasteiger partial charge is 0.244 e. The van der Waals surface area contributed by atoms with Gasteiger partial charge in [-0.2, -0.15) is 0 Å². The summed E-state index contributed by atoms with van der Waals surface area (Å²) in [7, 11) is 0. The van der Waals surface area contributed by atoms with Crippen LogP contribution in [-0.2, 0) is 0 Å². The van der Waals surface area contributed by atoms with Gasteiger partial charge in [0.2, 0.25) is 6.43 Å². The maximum atomic E-state index is 12.4. The van der Waals surface area contributed by atoms with Crippen LogP contribution in [0.4, 0.5) is 13.9 Å². The molecule has 0 unspecified atom stereocenters. The minimum Gasteiger partial charge on any atom is -0.347 e. The minimum absolute atomic E-state index is 0.427. The second kappa shape index (κ2) is 3.91. The first-order valence-corrected chi connectivity index (χ1v) is 6.35. The molecule has 3 rings (SSSR count). The average Bonchev–Trinajstić information content (AvgIpc) is 2.56. The van der Waals surface area contributed by atoms with E-state index in [9.17, 15) is 8.78 Å². The number of aryl methyl sites for hydroxylation is 1. The minimum atomic E-state index is -2.21. The topological polar surface area (TPSA) is 16.1 Å². The monoisotopic (exact) mass is 254 g/mol. The fourth-order valence-electron chi connectivity index (χ4n) is 1.98. The van der Waals surface area contributed by atoms with Gasteiger partial charge >= 0.3 is 0 Å². The van der Waals surface area contributed by atoms with Crippen LogP contribution in [0.15, 0.2) is 18.2 Å². The van der Waals surface area contributed by atoms with Gasteiger partial charge in [0.05, 0.1) is 16.1 Å². The van der Waals surface area contributed by atoms with E-state index in [4.69, 9.17) is 0 Å². The SMILES string of the molecule is Cc1ccc2nc(N3CC(C(F)F)C3)sc2c1. The number of aromatic nitrogens is 1. The molecular weight excluding hydrogens is 242 g/mol. The molecule has 0 saturated carbocycles. The lowest BCUT2D eigenvalue weighted by molar-refractivity contribution is 0.0614. The Morgan fingerprint density at radius 3 is 2.88 bits per heavy atom. The summed E-state index contributed by atoms with van der Waals surface area (Å²) in [6, 6.07) is 6.08. The summed E-state index contributed by atoms with van der Waals surface area (Å²) >= 11 is 1.58. The van der Waals surface area contributed by atoms with Crippen molar-refractivity contribution >= 4 is 26.7 Å². The second-order valence-electron chi connectivity index (χ2n) is 4.47. The van der Waals surface area contributed by atoms with E-state index < -0.39 is 12.3 Å². The van der Waals surface area contributed by atoms with Crippen LogP contribution >= 0.6 is 11.3 Å². The third-order valence-corrected chi connectivity index (χ3v) is 4.15. The summed E-state index contributed by atoms with van der Waals surface area (Å²) in [4.78, 5) is 6.40. The molecule has 1 aromatic heterocycles. The number of alkyl halides is 2. The number of hydrogen-bond donors (Lipinski definition) is 0. The Balaban J connectivity index is 1.83. The largest absolute Gasteiger partial charge is 0.347 e. The van der Waals surface area contributed by atoms with E-state index in [1.807, 2.05) is 24.0 Å². The summed E-state index contributed by atoms with van der Waals surface area (Å²) in [5.74, 6) is -0.483. The lowest BCUT2D eigenvalue weighted by Gasteiger charge is -2.38. The van der Waals surface area contributed by atoms with Crippen LogP contribution in [0.25, 0.3) is 10.2 Å². The van der Waals surface area contributed by atoms with Gasteiger partial charge < -0.3 is 4.90 Å². The van der Waals surface area contributed by atoms with Crippen molar-refractivity contribution in [3.63, 3.8) is 0 Å². The van der Waals surface area contributed by atoms with Crippen molar-refractivity contribution in [3.05, 3.63) is 23.8 Å². The molecular formula is C12H12F2N2S. The molecule has 2 nitrogen and oxygen atoms in total. The zero-order valence-electron chi connectivity index (χ0n) is 9.36. The van der Waals surface area contributed by atoms with Crippen molar-refractivity contribution in [3.8, 4) is 0 Å². The highest BCUT2D eigenvalue weighted by molar-refractivity contribution is 7.22. The van der Waals surface area contributed by atoms with Crippen LogP contribution < -0.4 is 4.90 Å². The van der Waals surface area contributed by atoms with Crippen LogP contribution in [0, 0.1) is 12.8 Å². The lowest BCUT2D eigenvalue weighted by atomic mass is 10.0. The average molecular weight is 254 g/mol. The van der Waals surface area contributed by atoms with Gasteiger partial charge in [-0.3, -0.25) is 0 Å². The summed E-state index contributed by atoms with van der Waals surface area (Å²) in [6.45, 7) is 2.89. The molecule has 17 heavy (non-hydrogen) atoms. The van der Waals surface area contributed by atoms with Crippen molar-refractivity contribution in [2.45, 2.75) is 13.3 Å². The predicted octanol–water partition coefficient (Wildman–Crippen LogP) is 3.31. The van der Waals surface area contributed by atoms with Crippen molar-refractivity contribution in [1.29, 1.82) is 0 Å². The van der Waals surface area contributed by atoms with E-state index in [-0.39, 0.29) is 0 Å². The van der Waals surface area contributed by atoms with Crippen molar-refractivity contribution in [2.75, 3.05) is 18.0 Å². The zero-order valence-corrected chi connectivity index (χ0v) is 10.2. The lowest BCUT2D eigenvalue weighted by Crippen LogP contribution is -2.50. The Morgan fingerprint density at radius 2 is 2.18 bits per heavy atom. The van der Waals surface area contributed by atoms with E-state index in [1.54, 1.807) is 11.3 Å². The Labute approximate surface area is 102 Å². The molecule has 1 saturated heterocycles. The molecule has 0 amide bonds. The number of benzene rings is 1. The number of thiazole rings is 1. The first-order chi connectivity index (χ1) is 8.13. The molecule has 90 valence electrons. The van der Waals surface area contributed by atoms with Crippen LogP contribution in [0.5, 0.6) is 0 Å². The van der Waals surface area contributed by atoms with Crippen LogP contribution in [0.1, 0.15) is 5.56 Å². The molecule has 0 bridgehead atoms. The van der Waals surface area contributed by atoms with E-state index in [0.29, 0.717) is 13.1 Å². The summed E-state index contributed by atoms with van der Waals surface area (Å²) in [5.41, 5.74) is 2.15. The Morgan fingerprint density at radius 1 is 1.41 bits per heavy atom. The molecule has 0 aliphatic carbocycles. The van der Waals surface area contributed by atoms with Gasteiger partial charge in [0, 0.05) is 13.1 Å². The molecule has 0 spiro atoms. The number of rotatable bonds is 2. The highest BCUT2D eigenvalue weighted by Gasteiger charge is 2.35. The Bertz CT molecular complexity index is 546. The molecule has 0 radical (unpaired) electrons. The van der Waals surface area contributed by atoms with Gasteiger partial charge in [-0.1, -0.05) is 17.4 Å². The van der Waals surface area contributed by atoms with E-state index >= 15 is 0 Å². The van der Waals surface area contributed by atoms with Gasteiger partial charge in [-0.25, -0.2) is 13.8 Å². The highest BCUT2D eigenvalue weighted by Crippen LogP contribution is 2.34. The van der Waals surface area contributed by atoms with Gasteiger partial charge in [0.1, 0.15) is 0 Å². The maximum Gasteiger partial charge on any atom is 0.244 e. The molecule has 1 aliphatic rings. The van der Waals surface area contributed by atoms with Crippen LogP contribution in [0.2, 0.25) is 0 Å². The van der Waals surface area contributed by atoms with Gasteiger partial charge in [0.25, 0.3) is 0 Å². The molecule has 5 heteroatoms. The van der Waals surface area contributed by atoms with Gasteiger partial charge in [-0.05, 0) is 24.6 Å². The maximum absolute atomic E-state index is 12.4. The second-order valence-corrected chi connectivity index (χ2v) is 5.48. The van der Waals surface area contributed by atoms with Crippen molar-refractivity contribution in [1.82, 2.24) is 4.98 Å². The molecule has 2 heterocycles. The Kier molecular flexibility index (Phi) is 2.50. The first-order valence-electron chi connectivity index (χ1n) is 5.54. The first kappa shape index (κ1) is 10.9. The quantitative estimate of drug-likeness (QED) is 0.817. The van der Waals surface area contributed by atoms with Crippen LogP contribution in [-0.4, -0.2) is 24.5 Å². The number of anilines is 1. The predicted molar refractivity (Wildman–Crippen MR) is 66.1 cm³/mol. The van der Waals surface area contributed by atoms with Crippen molar-refractivity contribution in [2.24, 2.45) is 5.92 Å². The summed E-state index contributed by atoms with van der Waals surface area (Å²) in [6.07, 6.45) is -2.21. The van der Waals surface area contributed by atoms with Gasteiger partial charge in [-0.15, -0.1) is 0 Å². The summed E-state index contributed by atoms with van der Waals surface area (Å²) in [5, 5.41) is 0.863. The number of hydrogen-bond acceptors (Lipinski definition) is 3. The number of fused-ring (bicyclic) bond motifs is 1. The third-order valence-electron chi connectivity index (χ3n) is 3.07. The van der Waals surface area contributed by atoms with E-state index in [1.165, 1.54) is 5.56 Å². The Hall–Kier alpha value is -1.23. The molecule has 1 aliphatic heterocycles. The van der Waals surface area contributed by atoms with E-state index in [2.05, 4.69) is 11.1 Å². The number of nitrogens with zero attached hydrogens (tertiary/aromatic N) is 2. The fraction of sp³-hybridized carbons (Fsp3) is 0.417. The molecule has 1 aromatic carbocycles. The normalized spacial score (nSPS) is 16.8. The van der Waals surface area contributed by atoms with Crippen LogP contribution in [0.3, 0.4) is 0 Å². The third kappa shape index (κ3) is 1.88. The summed E-state index contributed by atoms with van der Waals surface area (Å²) < 4.78 is 25.9.